The van der Waals surface area contributed by atoms with E-state index in [0.29, 0.717) is 0 Å². The van der Waals surface area contributed by atoms with E-state index >= 15 is 0 Å². The Labute approximate surface area is 73.4 Å². The van der Waals surface area contributed by atoms with Crippen LogP contribution in [-0.2, 0) is 6.42 Å². The molecule has 1 rings (SSSR count). The van der Waals surface area contributed by atoms with Gasteiger partial charge in [0, 0.05) is 6.07 Å². The van der Waals surface area contributed by atoms with E-state index in [9.17, 15) is 4.39 Å². The van der Waals surface area contributed by atoms with Crippen LogP contribution in [0, 0.1) is 11.9 Å². The molecule has 0 aliphatic rings. The number of unbranched alkanes of at least 4 members (excludes halogenated alkanes) is 2. The first-order valence-electron chi connectivity index (χ1n) is 4.49. The Hall–Kier alpha value is -0.850. The molecule has 0 saturated heterocycles. The largest absolute Gasteiger partial charge is 0.206 e. The van der Waals surface area contributed by atoms with Crippen molar-refractivity contribution < 1.29 is 4.39 Å². The zero-order valence-corrected chi connectivity index (χ0v) is 7.44. The van der Waals surface area contributed by atoms with Gasteiger partial charge in [-0.05, 0) is 24.5 Å². The molecule has 1 aromatic carbocycles. The summed E-state index contributed by atoms with van der Waals surface area (Å²) in [5.74, 6) is -0.246. The number of halogens is 1. The molecule has 0 heterocycles. The molecule has 0 atom stereocenters. The van der Waals surface area contributed by atoms with Crippen molar-refractivity contribution in [1.29, 1.82) is 0 Å². The lowest BCUT2D eigenvalue weighted by molar-refractivity contribution is 0.621. The quantitative estimate of drug-likeness (QED) is 0.600. The van der Waals surface area contributed by atoms with Gasteiger partial charge in [-0.25, -0.2) is 4.39 Å². The Morgan fingerprint density at radius 1 is 1.42 bits per heavy atom. The van der Waals surface area contributed by atoms with E-state index in [2.05, 4.69) is 13.0 Å². The fourth-order valence-corrected chi connectivity index (χ4v) is 1.22. The predicted octanol–water partition coefficient (Wildman–Crippen LogP) is 3.36. The summed E-state index contributed by atoms with van der Waals surface area (Å²) in [6, 6.07) is 7.64. The maximum absolute atomic E-state index is 12.6. The van der Waals surface area contributed by atoms with Crippen LogP contribution in [0.25, 0.3) is 0 Å². The standard InChI is InChI=1S/C11H14F/c1-2-3-4-6-10-7-5-8-11(12)9-10/h5,7,9H,2-4,6H2,1H3. The van der Waals surface area contributed by atoms with Crippen molar-refractivity contribution in [1.82, 2.24) is 0 Å². The van der Waals surface area contributed by atoms with E-state index in [1.54, 1.807) is 12.1 Å². The van der Waals surface area contributed by atoms with E-state index in [1.165, 1.54) is 12.8 Å². The summed E-state index contributed by atoms with van der Waals surface area (Å²) in [5.41, 5.74) is 1.08. The normalized spacial score (nSPS) is 10.2. The fraction of sp³-hybridized carbons (Fsp3) is 0.455. The van der Waals surface area contributed by atoms with Crippen molar-refractivity contribution in [2.24, 2.45) is 0 Å². The van der Waals surface area contributed by atoms with Gasteiger partial charge in [-0.2, -0.15) is 0 Å². The van der Waals surface area contributed by atoms with E-state index in [0.717, 1.165) is 18.4 Å². The molecule has 0 saturated carbocycles. The van der Waals surface area contributed by atoms with Crippen LogP contribution in [0.1, 0.15) is 31.7 Å². The first-order chi connectivity index (χ1) is 5.83. The smallest absolute Gasteiger partial charge is 0.131 e. The summed E-state index contributed by atoms with van der Waals surface area (Å²) in [6.07, 6.45) is 4.57. The second kappa shape index (κ2) is 4.91. The number of hydrogen-bond donors (Lipinski definition) is 0. The molecule has 1 radical (unpaired) electrons. The second-order valence-electron chi connectivity index (χ2n) is 3.00. The Kier molecular flexibility index (Phi) is 3.78. The molecule has 1 heteroatoms. The van der Waals surface area contributed by atoms with Gasteiger partial charge in [0.05, 0.1) is 0 Å². The Balaban J connectivity index is 2.41. The molecule has 0 aliphatic heterocycles. The van der Waals surface area contributed by atoms with Gasteiger partial charge in [0.2, 0.25) is 0 Å². The van der Waals surface area contributed by atoms with Gasteiger partial charge >= 0.3 is 0 Å². The van der Waals surface area contributed by atoms with Crippen LogP contribution in [0.4, 0.5) is 4.39 Å². The molecule has 0 amide bonds. The molecule has 0 bridgehead atoms. The van der Waals surface area contributed by atoms with Crippen molar-refractivity contribution in [3.63, 3.8) is 0 Å². The van der Waals surface area contributed by atoms with Crippen LogP contribution in [0.2, 0.25) is 0 Å². The van der Waals surface area contributed by atoms with E-state index in [-0.39, 0.29) is 5.82 Å². The predicted molar refractivity (Wildman–Crippen MR) is 48.5 cm³/mol. The summed E-state index contributed by atoms with van der Waals surface area (Å²) in [6.45, 7) is 2.17. The average Bonchev–Trinajstić information content (AvgIpc) is 2.05. The average molecular weight is 165 g/mol. The molecule has 0 N–H and O–H groups in total. The molecule has 0 fully saturated rings. The Bertz CT molecular complexity index is 230. The van der Waals surface area contributed by atoms with Crippen molar-refractivity contribution in [2.75, 3.05) is 0 Å². The van der Waals surface area contributed by atoms with Gasteiger partial charge < -0.3 is 0 Å². The van der Waals surface area contributed by atoms with Crippen LogP contribution >= 0.6 is 0 Å². The van der Waals surface area contributed by atoms with E-state index < -0.39 is 0 Å². The lowest BCUT2D eigenvalue weighted by Gasteiger charge is -1.99. The number of aryl methyl sites for hydroxylation is 1. The van der Waals surface area contributed by atoms with Crippen molar-refractivity contribution in [3.8, 4) is 0 Å². The van der Waals surface area contributed by atoms with Gasteiger partial charge in [-0.15, -0.1) is 0 Å². The lowest BCUT2D eigenvalue weighted by Crippen LogP contribution is -1.86. The molecule has 1 aromatic rings. The third-order valence-corrected chi connectivity index (χ3v) is 1.90. The fourth-order valence-electron chi connectivity index (χ4n) is 1.22. The Morgan fingerprint density at radius 3 is 2.92 bits per heavy atom. The van der Waals surface area contributed by atoms with Crippen molar-refractivity contribution in [2.45, 2.75) is 32.6 Å². The molecular weight excluding hydrogens is 151 g/mol. The minimum atomic E-state index is -0.246. The summed E-state index contributed by atoms with van der Waals surface area (Å²) in [4.78, 5) is 0. The van der Waals surface area contributed by atoms with E-state index in [4.69, 9.17) is 0 Å². The van der Waals surface area contributed by atoms with Crippen molar-refractivity contribution in [3.05, 3.63) is 35.6 Å². The zero-order chi connectivity index (χ0) is 8.81. The van der Waals surface area contributed by atoms with Gasteiger partial charge in [0.15, 0.2) is 0 Å². The highest BCUT2D eigenvalue weighted by atomic mass is 19.1. The third-order valence-electron chi connectivity index (χ3n) is 1.90. The molecule has 0 unspecified atom stereocenters. The molecule has 0 aromatic heterocycles. The molecular formula is C11H14F. The van der Waals surface area contributed by atoms with E-state index in [1.807, 2.05) is 6.07 Å². The minimum Gasteiger partial charge on any atom is -0.206 e. The van der Waals surface area contributed by atoms with Crippen LogP contribution in [0.15, 0.2) is 18.2 Å². The maximum atomic E-state index is 12.6. The number of hydrogen-bond acceptors (Lipinski definition) is 0. The molecule has 0 nitrogen and oxygen atoms in total. The summed E-state index contributed by atoms with van der Waals surface area (Å²) >= 11 is 0. The number of benzene rings is 1. The summed E-state index contributed by atoms with van der Waals surface area (Å²) in [5, 5.41) is 0. The van der Waals surface area contributed by atoms with Crippen LogP contribution in [0.5, 0.6) is 0 Å². The third kappa shape index (κ3) is 3.04. The monoisotopic (exact) mass is 165 g/mol. The first-order valence-corrected chi connectivity index (χ1v) is 4.49. The van der Waals surface area contributed by atoms with Crippen LogP contribution in [-0.4, -0.2) is 0 Å². The Morgan fingerprint density at radius 2 is 2.25 bits per heavy atom. The second-order valence-corrected chi connectivity index (χ2v) is 3.00. The molecule has 65 valence electrons. The first kappa shape index (κ1) is 9.24. The highest BCUT2D eigenvalue weighted by Gasteiger charge is 1.94. The number of rotatable bonds is 4. The van der Waals surface area contributed by atoms with Gasteiger partial charge in [0.25, 0.3) is 0 Å². The lowest BCUT2D eigenvalue weighted by atomic mass is 10.1. The summed E-state index contributed by atoms with van der Waals surface area (Å²) in [7, 11) is 0. The highest BCUT2D eigenvalue weighted by molar-refractivity contribution is 5.15. The topological polar surface area (TPSA) is 0 Å². The SMILES string of the molecule is CCCCCc1cc[c]c(F)c1. The van der Waals surface area contributed by atoms with Crippen LogP contribution < -0.4 is 0 Å². The maximum Gasteiger partial charge on any atom is 0.131 e. The van der Waals surface area contributed by atoms with Gasteiger partial charge in [-0.3, -0.25) is 0 Å². The van der Waals surface area contributed by atoms with Gasteiger partial charge in [0.1, 0.15) is 5.82 Å². The van der Waals surface area contributed by atoms with Crippen molar-refractivity contribution >= 4 is 0 Å². The molecule has 0 aliphatic carbocycles. The highest BCUT2D eigenvalue weighted by Crippen LogP contribution is 2.07. The van der Waals surface area contributed by atoms with Crippen LogP contribution in [0.3, 0.4) is 0 Å². The van der Waals surface area contributed by atoms with Gasteiger partial charge in [-0.1, -0.05) is 31.9 Å². The molecule has 0 spiro atoms. The molecule has 12 heavy (non-hydrogen) atoms. The zero-order valence-electron chi connectivity index (χ0n) is 7.44. The summed E-state index contributed by atoms with van der Waals surface area (Å²) < 4.78 is 12.6. The minimum absolute atomic E-state index is 0.246.